The summed E-state index contributed by atoms with van der Waals surface area (Å²) in [5.41, 5.74) is 3.53. The highest BCUT2D eigenvalue weighted by Crippen LogP contribution is 2.25. The maximum Gasteiger partial charge on any atom is 0.230 e. The van der Waals surface area contributed by atoms with Gasteiger partial charge in [0.1, 0.15) is 0 Å². The molecular weight excluding hydrogens is 394 g/mol. The Bertz CT molecular complexity index is 1000. The van der Waals surface area contributed by atoms with E-state index in [-0.39, 0.29) is 11.9 Å². The molecule has 0 unspecified atom stereocenters. The van der Waals surface area contributed by atoms with E-state index < -0.39 is 0 Å². The molecule has 0 spiro atoms. The summed E-state index contributed by atoms with van der Waals surface area (Å²) in [5.74, 6) is 1.21. The molecule has 0 saturated carbocycles. The number of amides is 1. The molecule has 1 N–H and O–H groups in total. The smallest absolute Gasteiger partial charge is 0.230 e. The van der Waals surface area contributed by atoms with Crippen molar-refractivity contribution in [3.05, 3.63) is 65.7 Å². The van der Waals surface area contributed by atoms with Crippen molar-refractivity contribution in [2.45, 2.75) is 31.1 Å². The van der Waals surface area contributed by atoms with Crippen molar-refractivity contribution in [3.63, 3.8) is 0 Å². The van der Waals surface area contributed by atoms with Gasteiger partial charge >= 0.3 is 0 Å². The second-order valence-electron chi connectivity index (χ2n) is 7.74. The van der Waals surface area contributed by atoms with Gasteiger partial charge in [0.15, 0.2) is 11.0 Å². The summed E-state index contributed by atoms with van der Waals surface area (Å²) in [7, 11) is 1.94. The predicted octanol–water partition coefficient (Wildman–Crippen LogP) is 3.27. The van der Waals surface area contributed by atoms with Crippen molar-refractivity contribution >= 4 is 17.7 Å². The standard InChI is InChI=1S/C23H27N5OS/c1-17-8-6-7-11-20(17)22-25-26-23(27(22)2)30-16-21(29)24-19-12-13-28(15-19)14-18-9-4-3-5-10-18/h3-11,19H,12-16H2,1-2H3,(H,24,29)/t19-/m1/s1. The van der Waals surface area contributed by atoms with E-state index in [1.54, 1.807) is 0 Å². The van der Waals surface area contributed by atoms with Crippen LogP contribution in [0.15, 0.2) is 59.8 Å². The van der Waals surface area contributed by atoms with E-state index in [0.29, 0.717) is 5.75 Å². The number of aryl methyl sites for hydroxylation is 1. The first kappa shape index (κ1) is 20.6. The average Bonchev–Trinajstić information content (AvgIpc) is 3.34. The van der Waals surface area contributed by atoms with Gasteiger partial charge in [0.05, 0.1) is 5.75 Å². The van der Waals surface area contributed by atoms with Gasteiger partial charge in [0.2, 0.25) is 5.91 Å². The Morgan fingerprint density at radius 3 is 2.70 bits per heavy atom. The molecule has 7 heteroatoms. The first-order valence-electron chi connectivity index (χ1n) is 10.2. The van der Waals surface area contributed by atoms with E-state index in [1.165, 1.54) is 17.3 Å². The number of hydrogen-bond donors (Lipinski definition) is 1. The SMILES string of the molecule is Cc1ccccc1-c1nnc(SCC(=O)N[C@@H]2CCN(Cc3ccccc3)C2)n1C. The Kier molecular flexibility index (Phi) is 6.50. The monoisotopic (exact) mass is 421 g/mol. The summed E-state index contributed by atoms with van der Waals surface area (Å²) < 4.78 is 1.96. The fraction of sp³-hybridized carbons (Fsp3) is 0.348. The molecule has 0 radical (unpaired) electrons. The molecule has 2 aromatic carbocycles. The van der Waals surface area contributed by atoms with E-state index in [2.05, 4.69) is 57.7 Å². The lowest BCUT2D eigenvalue weighted by molar-refractivity contribution is -0.119. The zero-order valence-corrected chi connectivity index (χ0v) is 18.2. The number of carbonyl (C=O) groups excluding carboxylic acids is 1. The molecule has 1 fully saturated rings. The van der Waals surface area contributed by atoms with E-state index >= 15 is 0 Å². The third-order valence-electron chi connectivity index (χ3n) is 5.44. The van der Waals surface area contributed by atoms with Crippen LogP contribution in [0, 0.1) is 6.92 Å². The number of aromatic nitrogens is 3. The molecule has 1 saturated heterocycles. The van der Waals surface area contributed by atoms with Crippen LogP contribution in [0.4, 0.5) is 0 Å². The van der Waals surface area contributed by atoms with Crippen LogP contribution in [0.1, 0.15) is 17.5 Å². The van der Waals surface area contributed by atoms with Crippen LogP contribution in [0.2, 0.25) is 0 Å². The minimum absolute atomic E-state index is 0.0482. The van der Waals surface area contributed by atoms with Crippen molar-refractivity contribution in [2.75, 3.05) is 18.8 Å². The lowest BCUT2D eigenvalue weighted by Crippen LogP contribution is -2.38. The maximum absolute atomic E-state index is 12.5. The molecule has 1 aromatic heterocycles. The van der Waals surface area contributed by atoms with Crippen LogP contribution < -0.4 is 5.32 Å². The molecule has 0 aliphatic carbocycles. The molecule has 3 aromatic rings. The van der Waals surface area contributed by atoms with Crippen LogP contribution in [0.25, 0.3) is 11.4 Å². The zero-order valence-electron chi connectivity index (χ0n) is 17.4. The van der Waals surface area contributed by atoms with Gasteiger partial charge in [-0.05, 0) is 24.5 Å². The van der Waals surface area contributed by atoms with Crippen LogP contribution >= 0.6 is 11.8 Å². The van der Waals surface area contributed by atoms with Gasteiger partial charge in [0.25, 0.3) is 0 Å². The van der Waals surface area contributed by atoms with E-state index in [4.69, 9.17) is 0 Å². The fourth-order valence-corrected chi connectivity index (χ4v) is 4.56. The highest BCUT2D eigenvalue weighted by molar-refractivity contribution is 7.99. The summed E-state index contributed by atoms with van der Waals surface area (Å²) in [6.07, 6.45) is 0.991. The van der Waals surface area contributed by atoms with Gasteiger partial charge in [-0.2, -0.15) is 0 Å². The molecule has 156 valence electrons. The van der Waals surface area contributed by atoms with Crippen molar-refractivity contribution in [1.29, 1.82) is 0 Å². The van der Waals surface area contributed by atoms with Crippen molar-refractivity contribution in [1.82, 2.24) is 25.0 Å². The fourth-order valence-electron chi connectivity index (χ4n) is 3.83. The van der Waals surface area contributed by atoms with Gasteiger partial charge in [-0.1, -0.05) is 66.4 Å². The summed E-state index contributed by atoms with van der Waals surface area (Å²) >= 11 is 1.43. The van der Waals surface area contributed by atoms with E-state index in [9.17, 15) is 4.79 Å². The first-order valence-corrected chi connectivity index (χ1v) is 11.2. The number of benzene rings is 2. The number of hydrogen-bond acceptors (Lipinski definition) is 5. The molecule has 1 aliphatic heterocycles. The van der Waals surface area contributed by atoms with E-state index in [1.807, 2.05) is 35.9 Å². The topological polar surface area (TPSA) is 63.1 Å². The van der Waals surface area contributed by atoms with Gasteiger partial charge in [-0.25, -0.2) is 0 Å². The molecule has 1 amide bonds. The number of likely N-dealkylation sites (tertiary alicyclic amines) is 1. The normalized spacial score (nSPS) is 16.7. The van der Waals surface area contributed by atoms with Crippen molar-refractivity contribution < 1.29 is 4.79 Å². The first-order chi connectivity index (χ1) is 14.6. The average molecular weight is 422 g/mol. The Morgan fingerprint density at radius 2 is 1.90 bits per heavy atom. The number of nitrogens with one attached hydrogen (secondary N) is 1. The van der Waals surface area contributed by atoms with Gasteiger partial charge in [-0.3, -0.25) is 9.69 Å². The highest BCUT2D eigenvalue weighted by Gasteiger charge is 2.24. The number of carbonyl (C=O) groups is 1. The molecule has 6 nitrogen and oxygen atoms in total. The minimum atomic E-state index is 0.0482. The molecule has 30 heavy (non-hydrogen) atoms. The number of thioether (sulfide) groups is 1. The molecule has 4 rings (SSSR count). The highest BCUT2D eigenvalue weighted by atomic mass is 32.2. The minimum Gasteiger partial charge on any atom is -0.351 e. The molecule has 0 bridgehead atoms. The second-order valence-corrected chi connectivity index (χ2v) is 8.69. The molecule has 1 aliphatic rings. The van der Waals surface area contributed by atoms with Gasteiger partial charge < -0.3 is 9.88 Å². The van der Waals surface area contributed by atoms with Gasteiger partial charge in [0, 0.05) is 38.3 Å². The third-order valence-corrected chi connectivity index (χ3v) is 6.46. The Morgan fingerprint density at radius 1 is 1.13 bits per heavy atom. The number of nitrogens with zero attached hydrogens (tertiary/aromatic N) is 4. The maximum atomic E-state index is 12.5. The second kappa shape index (κ2) is 9.45. The Balaban J connectivity index is 1.27. The van der Waals surface area contributed by atoms with Crippen molar-refractivity contribution in [3.8, 4) is 11.4 Å². The van der Waals surface area contributed by atoms with Crippen LogP contribution in [-0.2, 0) is 18.4 Å². The lowest BCUT2D eigenvalue weighted by atomic mass is 10.1. The molecule has 1 atom stereocenters. The van der Waals surface area contributed by atoms with Gasteiger partial charge in [-0.15, -0.1) is 10.2 Å². The molecule has 2 heterocycles. The summed E-state index contributed by atoms with van der Waals surface area (Å²) in [4.78, 5) is 14.9. The Hall–Kier alpha value is -2.64. The quantitative estimate of drug-likeness (QED) is 0.593. The summed E-state index contributed by atoms with van der Waals surface area (Å²) in [6, 6.07) is 18.8. The molecular formula is C23H27N5OS. The third kappa shape index (κ3) is 4.91. The largest absolute Gasteiger partial charge is 0.351 e. The van der Waals surface area contributed by atoms with Crippen LogP contribution in [0.5, 0.6) is 0 Å². The lowest BCUT2D eigenvalue weighted by Gasteiger charge is -2.16. The zero-order chi connectivity index (χ0) is 20.9. The van der Waals surface area contributed by atoms with Crippen LogP contribution in [0.3, 0.4) is 0 Å². The Labute approximate surface area is 181 Å². The number of rotatable bonds is 7. The van der Waals surface area contributed by atoms with Crippen LogP contribution in [-0.4, -0.2) is 50.5 Å². The van der Waals surface area contributed by atoms with Crippen molar-refractivity contribution in [2.24, 2.45) is 7.05 Å². The summed E-state index contributed by atoms with van der Waals surface area (Å²) in [6.45, 7) is 4.90. The summed E-state index contributed by atoms with van der Waals surface area (Å²) in [5, 5.41) is 12.5. The van der Waals surface area contributed by atoms with E-state index in [0.717, 1.165) is 48.2 Å². The predicted molar refractivity (Wildman–Crippen MR) is 120 cm³/mol.